The minimum Gasteiger partial charge on any atom is -0.488 e. The van der Waals surface area contributed by atoms with Gasteiger partial charge in [0.05, 0.1) is 6.21 Å². The van der Waals surface area contributed by atoms with Crippen LogP contribution in [-0.2, 0) is 6.61 Å². The SMILES string of the molecule is Cc1ccc2[nH]c3nc(N/N=C/c4cc(Br)ccc4OCc4ccccc4Cl)nnc3c2c1. The molecule has 0 fully saturated rings. The molecule has 9 heteroatoms. The second-order valence-electron chi connectivity index (χ2n) is 7.44. The van der Waals surface area contributed by atoms with Crippen LogP contribution in [0.1, 0.15) is 16.7 Å². The van der Waals surface area contributed by atoms with Gasteiger partial charge in [0.15, 0.2) is 5.65 Å². The Morgan fingerprint density at radius 1 is 1.12 bits per heavy atom. The summed E-state index contributed by atoms with van der Waals surface area (Å²) in [6.07, 6.45) is 1.65. The number of halogens is 2. The number of anilines is 1. The molecule has 0 amide bonds. The summed E-state index contributed by atoms with van der Waals surface area (Å²) in [5.74, 6) is 0.958. The largest absolute Gasteiger partial charge is 0.488 e. The van der Waals surface area contributed by atoms with Crippen LogP contribution in [0.2, 0.25) is 5.02 Å². The van der Waals surface area contributed by atoms with Crippen molar-refractivity contribution in [1.82, 2.24) is 20.2 Å². The lowest BCUT2D eigenvalue weighted by atomic mass is 10.2. The third kappa shape index (κ3) is 4.67. The van der Waals surface area contributed by atoms with E-state index in [2.05, 4.69) is 52.7 Å². The molecular weight excluding hydrogens is 504 g/mol. The van der Waals surface area contributed by atoms with Crippen LogP contribution < -0.4 is 10.2 Å². The average Bonchev–Trinajstić information content (AvgIpc) is 3.16. The van der Waals surface area contributed by atoms with Crippen LogP contribution in [0.4, 0.5) is 5.95 Å². The molecule has 2 aromatic heterocycles. The van der Waals surface area contributed by atoms with E-state index in [1.165, 1.54) is 0 Å². The molecule has 33 heavy (non-hydrogen) atoms. The summed E-state index contributed by atoms with van der Waals surface area (Å²) in [6.45, 7) is 2.39. The molecule has 0 spiro atoms. The van der Waals surface area contributed by atoms with E-state index >= 15 is 0 Å². The van der Waals surface area contributed by atoms with E-state index in [1.807, 2.05) is 61.5 Å². The van der Waals surface area contributed by atoms with Gasteiger partial charge in [-0.15, -0.1) is 10.2 Å². The van der Waals surface area contributed by atoms with Crippen LogP contribution >= 0.6 is 27.5 Å². The molecule has 7 nitrogen and oxygen atoms in total. The molecule has 0 aliphatic heterocycles. The number of nitrogens with zero attached hydrogens (tertiary/aromatic N) is 4. The third-order valence-electron chi connectivity index (χ3n) is 5.05. The molecule has 2 N–H and O–H groups in total. The van der Waals surface area contributed by atoms with E-state index in [9.17, 15) is 0 Å². The first kappa shape index (κ1) is 21.4. The predicted molar refractivity (Wildman–Crippen MR) is 135 cm³/mol. The molecule has 0 radical (unpaired) electrons. The van der Waals surface area contributed by atoms with E-state index in [1.54, 1.807) is 6.21 Å². The number of aromatic nitrogens is 4. The van der Waals surface area contributed by atoms with Crippen molar-refractivity contribution in [2.75, 3.05) is 5.43 Å². The van der Waals surface area contributed by atoms with Crippen LogP contribution in [0, 0.1) is 6.92 Å². The second-order valence-corrected chi connectivity index (χ2v) is 8.76. The number of ether oxygens (including phenoxy) is 1. The Morgan fingerprint density at radius 3 is 2.88 bits per heavy atom. The van der Waals surface area contributed by atoms with Crippen molar-refractivity contribution in [3.8, 4) is 5.75 Å². The number of benzene rings is 3. The molecular formula is C24H18BrClN6O. The Labute approximate surface area is 203 Å². The summed E-state index contributed by atoms with van der Waals surface area (Å²) in [5, 5.41) is 14.4. The molecule has 5 rings (SSSR count). The standard InChI is InChI=1S/C24H18BrClN6O/c1-14-6-8-20-18(10-14)22-23(28-20)29-24(32-30-22)31-27-12-16-11-17(25)7-9-21(16)33-13-15-4-2-3-5-19(15)26/h2-12H,13H2,1H3,(H2,28,29,31,32)/b27-12+. The highest BCUT2D eigenvalue weighted by molar-refractivity contribution is 9.10. The number of fused-ring (bicyclic) bond motifs is 3. The molecule has 0 atom stereocenters. The van der Waals surface area contributed by atoms with E-state index in [-0.39, 0.29) is 5.95 Å². The number of aryl methyl sites for hydroxylation is 1. The average molecular weight is 522 g/mol. The molecule has 0 saturated heterocycles. The number of hydrogen-bond acceptors (Lipinski definition) is 6. The summed E-state index contributed by atoms with van der Waals surface area (Å²) in [6, 6.07) is 19.4. The van der Waals surface area contributed by atoms with Crippen molar-refractivity contribution >= 4 is 61.8 Å². The van der Waals surface area contributed by atoms with Crippen molar-refractivity contribution in [2.24, 2.45) is 5.10 Å². The van der Waals surface area contributed by atoms with Gasteiger partial charge in [-0.25, -0.2) is 5.43 Å². The first-order valence-electron chi connectivity index (χ1n) is 10.1. The zero-order chi connectivity index (χ0) is 22.8. The fraction of sp³-hybridized carbons (Fsp3) is 0.0833. The number of hydrazone groups is 1. The van der Waals surface area contributed by atoms with Crippen molar-refractivity contribution in [2.45, 2.75) is 13.5 Å². The lowest BCUT2D eigenvalue weighted by Crippen LogP contribution is -2.01. The van der Waals surface area contributed by atoms with Gasteiger partial charge in [-0.3, -0.25) is 0 Å². The topological polar surface area (TPSA) is 88.1 Å². The number of aromatic amines is 1. The Kier molecular flexibility index (Phi) is 5.93. The normalized spacial score (nSPS) is 11.5. The van der Waals surface area contributed by atoms with Gasteiger partial charge in [0.2, 0.25) is 0 Å². The lowest BCUT2D eigenvalue weighted by molar-refractivity contribution is 0.306. The summed E-state index contributed by atoms with van der Waals surface area (Å²) in [7, 11) is 0. The highest BCUT2D eigenvalue weighted by atomic mass is 79.9. The zero-order valence-corrected chi connectivity index (χ0v) is 19.9. The zero-order valence-electron chi connectivity index (χ0n) is 17.5. The summed E-state index contributed by atoms with van der Waals surface area (Å²) in [4.78, 5) is 7.75. The van der Waals surface area contributed by atoms with Crippen LogP contribution in [0.25, 0.3) is 22.1 Å². The molecule has 0 saturated carbocycles. The number of rotatable bonds is 6. The number of nitrogens with one attached hydrogen (secondary N) is 2. The van der Waals surface area contributed by atoms with Crippen LogP contribution in [-0.4, -0.2) is 26.4 Å². The van der Waals surface area contributed by atoms with E-state index in [0.717, 1.165) is 37.6 Å². The Balaban J connectivity index is 1.34. The van der Waals surface area contributed by atoms with Gasteiger partial charge in [-0.05, 0) is 43.3 Å². The minimum absolute atomic E-state index is 0.288. The quantitative estimate of drug-likeness (QED) is 0.203. The molecule has 0 bridgehead atoms. The van der Waals surface area contributed by atoms with Gasteiger partial charge >= 0.3 is 0 Å². The maximum atomic E-state index is 6.24. The molecule has 0 unspecified atom stereocenters. The molecule has 0 aliphatic rings. The summed E-state index contributed by atoms with van der Waals surface area (Å²) in [5.41, 5.74) is 8.02. The fourth-order valence-electron chi connectivity index (χ4n) is 3.41. The molecule has 0 aliphatic carbocycles. The Hall–Kier alpha value is -3.49. The van der Waals surface area contributed by atoms with Crippen molar-refractivity contribution < 1.29 is 4.74 Å². The maximum absolute atomic E-state index is 6.24. The minimum atomic E-state index is 0.288. The molecule has 164 valence electrons. The van der Waals surface area contributed by atoms with E-state index in [4.69, 9.17) is 16.3 Å². The molecule has 2 heterocycles. The van der Waals surface area contributed by atoms with E-state index < -0.39 is 0 Å². The summed E-state index contributed by atoms with van der Waals surface area (Å²) >= 11 is 9.73. The van der Waals surface area contributed by atoms with Gasteiger partial charge in [-0.1, -0.05) is 57.4 Å². The second kappa shape index (κ2) is 9.17. The Morgan fingerprint density at radius 2 is 2.00 bits per heavy atom. The van der Waals surface area contributed by atoms with Crippen LogP contribution in [0.5, 0.6) is 5.75 Å². The van der Waals surface area contributed by atoms with Crippen LogP contribution in [0.3, 0.4) is 0 Å². The summed E-state index contributed by atoms with van der Waals surface area (Å²) < 4.78 is 6.89. The van der Waals surface area contributed by atoms with Gasteiger partial charge < -0.3 is 9.72 Å². The number of hydrogen-bond donors (Lipinski definition) is 2. The first-order valence-corrected chi connectivity index (χ1v) is 11.3. The lowest BCUT2D eigenvalue weighted by Gasteiger charge is -2.10. The monoisotopic (exact) mass is 520 g/mol. The van der Waals surface area contributed by atoms with Crippen LogP contribution in [0.15, 0.2) is 70.2 Å². The number of H-pyrrole nitrogens is 1. The first-order chi connectivity index (χ1) is 16.1. The van der Waals surface area contributed by atoms with Crippen molar-refractivity contribution in [3.05, 3.63) is 86.8 Å². The maximum Gasteiger partial charge on any atom is 0.265 e. The fourth-order valence-corrected chi connectivity index (χ4v) is 3.98. The smallest absolute Gasteiger partial charge is 0.265 e. The van der Waals surface area contributed by atoms with Gasteiger partial charge in [0.1, 0.15) is 17.9 Å². The van der Waals surface area contributed by atoms with Gasteiger partial charge in [-0.2, -0.15) is 10.1 Å². The molecule has 5 aromatic rings. The third-order valence-corrected chi connectivity index (χ3v) is 5.91. The Bertz CT molecular complexity index is 1500. The molecule has 3 aromatic carbocycles. The highest BCUT2D eigenvalue weighted by Crippen LogP contribution is 2.25. The van der Waals surface area contributed by atoms with E-state index in [0.29, 0.717) is 23.0 Å². The van der Waals surface area contributed by atoms with Gasteiger partial charge in [0, 0.05) is 31.5 Å². The van der Waals surface area contributed by atoms with Crippen molar-refractivity contribution in [3.63, 3.8) is 0 Å². The highest BCUT2D eigenvalue weighted by Gasteiger charge is 2.09. The predicted octanol–water partition coefficient (Wildman–Crippen LogP) is 6.26. The van der Waals surface area contributed by atoms with Crippen molar-refractivity contribution in [1.29, 1.82) is 0 Å². The van der Waals surface area contributed by atoms with Gasteiger partial charge in [0.25, 0.3) is 5.95 Å².